The first-order chi connectivity index (χ1) is 10.5. The van der Waals surface area contributed by atoms with Crippen molar-refractivity contribution >= 4 is 35.0 Å². The fourth-order valence-electron chi connectivity index (χ4n) is 1.98. The van der Waals surface area contributed by atoms with Crippen molar-refractivity contribution in [3.63, 3.8) is 0 Å². The number of hydrogen-bond donors (Lipinski definition) is 2. The van der Waals surface area contributed by atoms with E-state index in [0.29, 0.717) is 11.4 Å². The number of hydrogen-bond acceptors (Lipinski definition) is 2. The highest BCUT2D eigenvalue weighted by Gasteiger charge is 2.20. The average Bonchev–Trinajstić information content (AvgIpc) is 2.47. The fourth-order valence-corrected chi connectivity index (χ4v) is 2.48. The Labute approximate surface area is 138 Å². The second-order valence-electron chi connectivity index (χ2n) is 4.74. The molecule has 0 fully saturated rings. The summed E-state index contributed by atoms with van der Waals surface area (Å²) >= 11 is 11.8. The van der Waals surface area contributed by atoms with Crippen LogP contribution in [0.1, 0.15) is 15.9 Å². The van der Waals surface area contributed by atoms with Gasteiger partial charge in [-0.2, -0.15) is 0 Å². The molecule has 0 aliphatic rings. The highest BCUT2D eigenvalue weighted by molar-refractivity contribution is 6.36. The summed E-state index contributed by atoms with van der Waals surface area (Å²) in [6.07, 6.45) is 0.313. The maximum absolute atomic E-state index is 12.2. The van der Waals surface area contributed by atoms with E-state index in [1.807, 2.05) is 30.3 Å². The predicted molar refractivity (Wildman–Crippen MR) is 87.1 cm³/mol. The zero-order chi connectivity index (χ0) is 16.1. The van der Waals surface area contributed by atoms with Crippen LogP contribution in [0.3, 0.4) is 0 Å². The molecule has 0 aliphatic heterocycles. The molecule has 4 nitrogen and oxygen atoms in total. The molecule has 1 atom stereocenters. The number of benzene rings is 2. The zero-order valence-corrected chi connectivity index (χ0v) is 13.1. The molecule has 0 saturated carbocycles. The van der Waals surface area contributed by atoms with Crippen LogP contribution in [0, 0.1) is 0 Å². The summed E-state index contributed by atoms with van der Waals surface area (Å²) in [6, 6.07) is 13.0. The standard InChI is InChI=1S/C16H14Cl2N2O2/c17-11-6-7-12(13(18)9-11)16(22)20-14(15(19)21)8-10-4-2-1-3-5-10/h1-7,9,14H,8H2,(H2,19,21)(H,20,22). The average molecular weight is 337 g/mol. The van der Waals surface area contributed by atoms with Crippen LogP contribution in [-0.2, 0) is 11.2 Å². The maximum Gasteiger partial charge on any atom is 0.253 e. The van der Waals surface area contributed by atoms with Gasteiger partial charge in [0.2, 0.25) is 5.91 Å². The molecule has 2 rings (SSSR count). The van der Waals surface area contributed by atoms with Gasteiger partial charge in [0, 0.05) is 11.4 Å². The molecule has 0 heterocycles. The topological polar surface area (TPSA) is 72.2 Å². The Morgan fingerprint density at radius 2 is 1.77 bits per heavy atom. The number of carbonyl (C=O) groups is 2. The van der Waals surface area contributed by atoms with Crippen LogP contribution >= 0.6 is 23.2 Å². The summed E-state index contributed by atoms with van der Waals surface area (Å²) in [5.41, 5.74) is 6.50. The summed E-state index contributed by atoms with van der Waals surface area (Å²) in [4.78, 5) is 23.8. The molecule has 2 amide bonds. The van der Waals surface area contributed by atoms with E-state index in [0.717, 1.165) is 5.56 Å². The van der Waals surface area contributed by atoms with Gasteiger partial charge in [0.25, 0.3) is 5.91 Å². The first kappa shape index (κ1) is 16.3. The van der Waals surface area contributed by atoms with Crippen molar-refractivity contribution in [2.24, 2.45) is 5.73 Å². The van der Waals surface area contributed by atoms with Gasteiger partial charge >= 0.3 is 0 Å². The molecule has 2 aromatic carbocycles. The van der Waals surface area contributed by atoms with Gasteiger partial charge in [0.05, 0.1) is 10.6 Å². The highest BCUT2D eigenvalue weighted by atomic mass is 35.5. The highest BCUT2D eigenvalue weighted by Crippen LogP contribution is 2.21. The van der Waals surface area contributed by atoms with Gasteiger partial charge in [-0.05, 0) is 23.8 Å². The van der Waals surface area contributed by atoms with E-state index < -0.39 is 17.9 Å². The number of nitrogens with one attached hydrogen (secondary N) is 1. The Kier molecular flexibility index (Phi) is 5.41. The van der Waals surface area contributed by atoms with E-state index >= 15 is 0 Å². The van der Waals surface area contributed by atoms with Gasteiger partial charge in [0.15, 0.2) is 0 Å². The molecule has 22 heavy (non-hydrogen) atoms. The minimum absolute atomic E-state index is 0.216. The molecule has 0 spiro atoms. The maximum atomic E-state index is 12.2. The lowest BCUT2D eigenvalue weighted by molar-refractivity contribution is -0.119. The summed E-state index contributed by atoms with van der Waals surface area (Å²) in [7, 11) is 0. The van der Waals surface area contributed by atoms with Crippen molar-refractivity contribution < 1.29 is 9.59 Å². The minimum atomic E-state index is -0.818. The van der Waals surface area contributed by atoms with Crippen LogP contribution in [-0.4, -0.2) is 17.9 Å². The molecule has 114 valence electrons. The Hall–Kier alpha value is -2.04. The molecule has 6 heteroatoms. The van der Waals surface area contributed by atoms with Crippen molar-refractivity contribution in [1.82, 2.24) is 5.32 Å². The van der Waals surface area contributed by atoms with Gasteiger partial charge in [-0.15, -0.1) is 0 Å². The SMILES string of the molecule is NC(=O)C(Cc1ccccc1)NC(=O)c1ccc(Cl)cc1Cl. The molecule has 0 radical (unpaired) electrons. The van der Waals surface area contributed by atoms with Crippen LogP contribution in [0.15, 0.2) is 48.5 Å². The third kappa shape index (κ3) is 4.23. The molecular formula is C16H14Cl2N2O2. The molecular weight excluding hydrogens is 323 g/mol. The van der Waals surface area contributed by atoms with Gasteiger partial charge in [0.1, 0.15) is 6.04 Å². The number of rotatable bonds is 5. The van der Waals surface area contributed by atoms with E-state index in [1.165, 1.54) is 12.1 Å². The molecule has 0 aromatic heterocycles. The van der Waals surface area contributed by atoms with Gasteiger partial charge in [-0.25, -0.2) is 0 Å². The van der Waals surface area contributed by atoms with Crippen LogP contribution in [0.2, 0.25) is 10.0 Å². The van der Waals surface area contributed by atoms with Crippen molar-refractivity contribution in [2.45, 2.75) is 12.5 Å². The van der Waals surface area contributed by atoms with E-state index in [1.54, 1.807) is 6.07 Å². The van der Waals surface area contributed by atoms with Crippen molar-refractivity contribution in [1.29, 1.82) is 0 Å². The van der Waals surface area contributed by atoms with Crippen LogP contribution < -0.4 is 11.1 Å². The summed E-state index contributed by atoms with van der Waals surface area (Å²) in [5.74, 6) is -1.08. The first-order valence-electron chi connectivity index (χ1n) is 6.56. The molecule has 3 N–H and O–H groups in total. The Balaban J connectivity index is 2.14. The third-order valence-electron chi connectivity index (χ3n) is 3.11. The Morgan fingerprint density at radius 3 is 2.36 bits per heavy atom. The quantitative estimate of drug-likeness (QED) is 0.881. The summed E-state index contributed by atoms with van der Waals surface area (Å²) in [6.45, 7) is 0. The van der Waals surface area contributed by atoms with Crippen molar-refractivity contribution in [2.75, 3.05) is 0 Å². The molecule has 2 aromatic rings. The van der Waals surface area contributed by atoms with Crippen LogP contribution in [0.5, 0.6) is 0 Å². The van der Waals surface area contributed by atoms with Gasteiger partial charge in [-0.1, -0.05) is 53.5 Å². The van der Waals surface area contributed by atoms with Crippen molar-refractivity contribution in [3.8, 4) is 0 Å². The van der Waals surface area contributed by atoms with Crippen molar-refractivity contribution in [3.05, 3.63) is 69.7 Å². The zero-order valence-electron chi connectivity index (χ0n) is 11.6. The first-order valence-corrected chi connectivity index (χ1v) is 7.32. The smallest absolute Gasteiger partial charge is 0.253 e. The largest absolute Gasteiger partial charge is 0.368 e. The number of nitrogens with two attached hydrogens (primary N) is 1. The van der Waals surface area contributed by atoms with E-state index in [9.17, 15) is 9.59 Å². The third-order valence-corrected chi connectivity index (χ3v) is 3.65. The Bertz CT molecular complexity index is 690. The monoisotopic (exact) mass is 336 g/mol. The summed E-state index contributed by atoms with van der Waals surface area (Å²) in [5, 5.41) is 3.24. The second-order valence-corrected chi connectivity index (χ2v) is 5.59. The normalized spacial score (nSPS) is 11.7. The lowest BCUT2D eigenvalue weighted by Crippen LogP contribution is -2.45. The lowest BCUT2D eigenvalue weighted by Gasteiger charge is -2.16. The minimum Gasteiger partial charge on any atom is -0.368 e. The molecule has 0 aliphatic carbocycles. The van der Waals surface area contributed by atoms with E-state index in [-0.39, 0.29) is 10.6 Å². The summed E-state index contributed by atoms with van der Waals surface area (Å²) < 4.78 is 0. The van der Waals surface area contributed by atoms with Crippen LogP contribution in [0.4, 0.5) is 0 Å². The molecule has 0 saturated heterocycles. The van der Waals surface area contributed by atoms with Gasteiger partial charge < -0.3 is 11.1 Å². The molecule has 0 bridgehead atoms. The number of amides is 2. The number of halogens is 2. The Morgan fingerprint density at radius 1 is 1.09 bits per heavy atom. The predicted octanol–water partition coefficient (Wildman–Crippen LogP) is 2.82. The number of primary amides is 1. The fraction of sp³-hybridized carbons (Fsp3) is 0.125. The second kappa shape index (κ2) is 7.29. The van der Waals surface area contributed by atoms with E-state index in [2.05, 4.69) is 5.32 Å². The van der Waals surface area contributed by atoms with Gasteiger partial charge in [-0.3, -0.25) is 9.59 Å². The molecule has 1 unspecified atom stereocenters. The van der Waals surface area contributed by atoms with Crippen LogP contribution in [0.25, 0.3) is 0 Å². The van der Waals surface area contributed by atoms with E-state index in [4.69, 9.17) is 28.9 Å². The number of carbonyl (C=O) groups excluding carboxylic acids is 2. The lowest BCUT2D eigenvalue weighted by atomic mass is 10.0.